The lowest BCUT2D eigenvalue weighted by Gasteiger charge is -2.32. The van der Waals surface area contributed by atoms with Crippen molar-refractivity contribution in [1.29, 1.82) is 0 Å². The summed E-state index contributed by atoms with van der Waals surface area (Å²) in [5, 5.41) is 4.15. The molecular formula is C14H18BrClN2O2. The highest BCUT2D eigenvalue weighted by Crippen LogP contribution is 2.27. The zero-order chi connectivity index (χ0) is 14.5. The van der Waals surface area contributed by atoms with Gasteiger partial charge in [-0.2, -0.15) is 0 Å². The summed E-state index contributed by atoms with van der Waals surface area (Å²) >= 11 is 9.61. The molecule has 0 unspecified atom stereocenters. The van der Waals surface area contributed by atoms with E-state index in [2.05, 4.69) is 21.2 Å². The second-order valence-corrected chi connectivity index (χ2v) is 6.05. The Morgan fingerprint density at radius 2 is 2.20 bits per heavy atom. The number of benzene rings is 1. The number of piperidine rings is 1. The van der Waals surface area contributed by atoms with E-state index in [1.165, 1.54) is 0 Å². The number of halogens is 2. The molecule has 1 amide bonds. The van der Waals surface area contributed by atoms with Gasteiger partial charge < -0.3 is 15.0 Å². The summed E-state index contributed by atoms with van der Waals surface area (Å²) < 4.78 is 6.00. The van der Waals surface area contributed by atoms with Gasteiger partial charge in [-0.15, -0.1) is 0 Å². The maximum atomic E-state index is 11.6. The lowest BCUT2D eigenvalue weighted by Crippen LogP contribution is -2.42. The van der Waals surface area contributed by atoms with E-state index in [0.717, 1.165) is 23.0 Å². The molecule has 1 heterocycles. The number of ether oxygens (including phenoxy) is 1. The number of hydrogen-bond donors (Lipinski definition) is 1. The molecule has 1 aliphatic rings. The minimum Gasteiger partial charge on any atom is -0.450 e. The second-order valence-electron chi connectivity index (χ2n) is 4.73. The van der Waals surface area contributed by atoms with Gasteiger partial charge in [-0.05, 0) is 38.0 Å². The molecule has 1 aliphatic heterocycles. The Balaban J connectivity index is 1.88. The van der Waals surface area contributed by atoms with Crippen LogP contribution < -0.4 is 5.32 Å². The maximum absolute atomic E-state index is 11.6. The monoisotopic (exact) mass is 360 g/mol. The van der Waals surface area contributed by atoms with Crippen LogP contribution in [0.25, 0.3) is 0 Å². The zero-order valence-corrected chi connectivity index (χ0v) is 13.7. The van der Waals surface area contributed by atoms with Gasteiger partial charge in [0, 0.05) is 23.6 Å². The molecule has 110 valence electrons. The molecule has 1 saturated heterocycles. The van der Waals surface area contributed by atoms with E-state index in [0.29, 0.717) is 30.8 Å². The van der Waals surface area contributed by atoms with Gasteiger partial charge in [-0.1, -0.05) is 27.5 Å². The number of carbonyl (C=O) groups excluding carboxylic acids is 1. The first-order valence-electron chi connectivity index (χ1n) is 6.73. The molecule has 1 aromatic carbocycles. The SMILES string of the molecule is CCOC(=O)N1CCC(Nc2cc(Br)ccc2Cl)CC1. The molecule has 1 aromatic rings. The van der Waals surface area contributed by atoms with Crippen LogP contribution >= 0.6 is 27.5 Å². The molecule has 0 atom stereocenters. The molecule has 0 aliphatic carbocycles. The number of carbonyl (C=O) groups is 1. The fourth-order valence-corrected chi connectivity index (χ4v) is 2.78. The number of likely N-dealkylation sites (tertiary alicyclic amines) is 1. The standard InChI is InChI=1S/C14H18BrClN2O2/c1-2-20-14(19)18-7-5-11(6-8-18)17-13-9-10(15)3-4-12(13)16/h3-4,9,11,17H,2,5-8H2,1H3. The quantitative estimate of drug-likeness (QED) is 0.880. The maximum Gasteiger partial charge on any atom is 0.409 e. The van der Waals surface area contributed by atoms with Crippen LogP contribution in [0.4, 0.5) is 10.5 Å². The summed E-state index contributed by atoms with van der Waals surface area (Å²) in [6, 6.07) is 6.08. The molecule has 1 fully saturated rings. The van der Waals surface area contributed by atoms with E-state index in [1.807, 2.05) is 25.1 Å². The average molecular weight is 362 g/mol. The van der Waals surface area contributed by atoms with Crippen LogP contribution in [0.1, 0.15) is 19.8 Å². The summed E-state index contributed by atoms with van der Waals surface area (Å²) in [5.41, 5.74) is 0.927. The van der Waals surface area contributed by atoms with E-state index in [1.54, 1.807) is 4.90 Å². The largest absolute Gasteiger partial charge is 0.450 e. The van der Waals surface area contributed by atoms with Crippen LogP contribution in [0.15, 0.2) is 22.7 Å². The predicted octanol–water partition coefficient (Wildman–Crippen LogP) is 4.14. The van der Waals surface area contributed by atoms with Gasteiger partial charge in [0.2, 0.25) is 0 Å². The third kappa shape index (κ3) is 4.03. The smallest absolute Gasteiger partial charge is 0.409 e. The van der Waals surface area contributed by atoms with Crippen molar-refractivity contribution in [2.24, 2.45) is 0 Å². The summed E-state index contributed by atoms with van der Waals surface area (Å²) in [6.45, 7) is 3.66. The third-order valence-electron chi connectivity index (χ3n) is 3.31. The van der Waals surface area contributed by atoms with Gasteiger partial charge in [0.1, 0.15) is 0 Å². The van der Waals surface area contributed by atoms with Crippen LogP contribution in [0.3, 0.4) is 0 Å². The number of rotatable bonds is 3. The topological polar surface area (TPSA) is 41.6 Å². The summed E-state index contributed by atoms with van der Waals surface area (Å²) in [6.07, 6.45) is 1.56. The molecule has 20 heavy (non-hydrogen) atoms. The molecule has 0 radical (unpaired) electrons. The second kappa shape index (κ2) is 7.18. The van der Waals surface area contributed by atoms with Crippen molar-refractivity contribution >= 4 is 39.3 Å². The number of amides is 1. The molecule has 0 aromatic heterocycles. The van der Waals surface area contributed by atoms with Crippen molar-refractivity contribution in [2.45, 2.75) is 25.8 Å². The van der Waals surface area contributed by atoms with Crippen LogP contribution in [0.2, 0.25) is 5.02 Å². The van der Waals surface area contributed by atoms with Gasteiger partial charge in [-0.25, -0.2) is 4.79 Å². The molecule has 0 bridgehead atoms. The van der Waals surface area contributed by atoms with Crippen LogP contribution in [0, 0.1) is 0 Å². The lowest BCUT2D eigenvalue weighted by atomic mass is 10.1. The Labute approximate surface area is 132 Å². The summed E-state index contributed by atoms with van der Waals surface area (Å²) in [4.78, 5) is 13.4. The van der Waals surface area contributed by atoms with Crippen LogP contribution in [0.5, 0.6) is 0 Å². The van der Waals surface area contributed by atoms with Crippen molar-refractivity contribution < 1.29 is 9.53 Å². The molecular weight excluding hydrogens is 344 g/mol. The van der Waals surface area contributed by atoms with Crippen molar-refractivity contribution in [3.8, 4) is 0 Å². The number of hydrogen-bond acceptors (Lipinski definition) is 3. The first kappa shape index (κ1) is 15.4. The Morgan fingerprint density at radius 1 is 1.50 bits per heavy atom. The lowest BCUT2D eigenvalue weighted by molar-refractivity contribution is 0.0983. The van der Waals surface area contributed by atoms with E-state index in [-0.39, 0.29) is 6.09 Å². The first-order chi connectivity index (χ1) is 9.60. The predicted molar refractivity (Wildman–Crippen MR) is 84.4 cm³/mol. The fraction of sp³-hybridized carbons (Fsp3) is 0.500. The van der Waals surface area contributed by atoms with Gasteiger partial charge in [-0.3, -0.25) is 0 Å². The Morgan fingerprint density at radius 3 is 2.85 bits per heavy atom. The highest BCUT2D eigenvalue weighted by molar-refractivity contribution is 9.10. The first-order valence-corrected chi connectivity index (χ1v) is 7.90. The van der Waals surface area contributed by atoms with Gasteiger partial charge >= 0.3 is 6.09 Å². The van der Waals surface area contributed by atoms with Crippen molar-refractivity contribution in [3.63, 3.8) is 0 Å². The number of anilines is 1. The van der Waals surface area contributed by atoms with E-state index in [4.69, 9.17) is 16.3 Å². The van der Waals surface area contributed by atoms with Crippen molar-refractivity contribution in [2.75, 3.05) is 25.0 Å². The molecule has 0 saturated carbocycles. The average Bonchev–Trinajstić information content (AvgIpc) is 2.44. The zero-order valence-electron chi connectivity index (χ0n) is 11.4. The highest BCUT2D eigenvalue weighted by Gasteiger charge is 2.23. The van der Waals surface area contributed by atoms with Gasteiger partial charge in [0.25, 0.3) is 0 Å². The minimum atomic E-state index is -0.216. The minimum absolute atomic E-state index is 0.216. The molecule has 4 nitrogen and oxygen atoms in total. The van der Waals surface area contributed by atoms with E-state index >= 15 is 0 Å². The van der Waals surface area contributed by atoms with E-state index in [9.17, 15) is 4.79 Å². The van der Waals surface area contributed by atoms with Crippen molar-refractivity contribution in [3.05, 3.63) is 27.7 Å². The molecule has 2 rings (SSSR count). The third-order valence-corrected chi connectivity index (χ3v) is 4.13. The normalized spacial score (nSPS) is 16.1. The van der Waals surface area contributed by atoms with Crippen molar-refractivity contribution in [1.82, 2.24) is 4.90 Å². The van der Waals surface area contributed by atoms with Gasteiger partial charge in [0.05, 0.1) is 17.3 Å². The van der Waals surface area contributed by atoms with E-state index < -0.39 is 0 Å². The number of nitrogens with zero attached hydrogens (tertiary/aromatic N) is 1. The highest BCUT2D eigenvalue weighted by atomic mass is 79.9. The molecule has 6 heteroatoms. The Hall–Kier alpha value is -0.940. The number of nitrogens with one attached hydrogen (secondary N) is 1. The molecule has 1 N–H and O–H groups in total. The Kier molecular flexibility index (Phi) is 5.54. The molecule has 0 spiro atoms. The Bertz CT molecular complexity index is 476. The van der Waals surface area contributed by atoms with Crippen LogP contribution in [-0.4, -0.2) is 36.7 Å². The summed E-state index contributed by atoms with van der Waals surface area (Å²) in [7, 11) is 0. The fourth-order valence-electron chi connectivity index (χ4n) is 2.25. The van der Waals surface area contributed by atoms with Crippen LogP contribution in [-0.2, 0) is 4.74 Å². The van der Waals surface area contributed by atoms with Gasteiger partial charge in [0.15, 0.2) is 0 Å². The summed E-state index contributed by atoms with van der Waals surface area (Å²) in [5.74, 6) is 0.